The molecule has 174 valence electrons. The van der Waals surface area contributed by atoms with Crippen molar-refractivity contribution in [1.29, 1.82) is 0 Å². The van der Waals surface area contributed by atoms with Crippen LogP contribution in [-0.4, -0.2) is 36.1 Å². The van der Waals surface area contributed by atoms with Gasteiger partial charge in [-0.2, -0.15) is 0 Å². The molecule has 1 saturated carbocycles. The van der Waals surface area contributed by atoms with Crippen molar-refractivity contribution in [2.75, 3.05) is 6.61 Å². The molecule has 0 saturated heterocycles. The van der Waals surface area contributed by atoms with Gasteiger partial charge in [-0.3, -0.25) is 0 Å². The van der Waals surface area contributed by atoms with Gasteiger partial charge < -0.3 is 25.1 Å². The zero-order chi connectivity index (χ0) is 22.9. The molecule has 1 aliphatic rings. The van der Waals surface area contributed by atoms with E-state index in [9.17, 15) is 5.11 Å². The van der Waals surface area contributed by atoms with Crippen LogP contribution in [0.5, 0.6) is 0 Å². The van der Waals surface area contributed by atoms with Crippen LogP contribution in [0.1, 0.15) is 23.1 Å². The summed E-state index contributed by atoms with van der Waals surface area (Å²) in [5.74, 6) is -0.0343. The maximum atomic E-state index is 10.7. The van der Waals surface area contributed by atoms with E-state index >= 15 is 0 Å². The molecule has 3 aromatic carbocycles. The van der Waals surface area contributed by atoms with E-state index in [1.807, 2.05) is 91.0 Å². The Morgan fingerprint density at radius 1 is 0.667 bits per heavy atom. The maximum absolute atomic E-state index is 10.7. The Kier molecular flexibility index (Phi) is 8.64. The molecule has 0 bridgehead atoms. The summed E-state index contributed by atoms with van der Waals surface area (Å²) in [5, 5.41) is 10.7. The van der Waals surface area contributed by atoms with Crippen LogP contribution < -0.4 is 5.73 Å². The van der Waals surface area contributed by atoms with Crippen molar-refractivity contribution in [3.05, 3.63) is 108 Å². The molecule has 0 aliphatic heterocycles. The van der Waals surface area contributed by atoms with E-state index in [1.54, 1.807) is 0 Å². The van der Waals surface area contributed by atoms with E-state index in [2.05, 4.69) is 0 Å². The molecule has 1 aliphatic carbocycles. The first-order valence-corrected chi connectivity index (χ1v) is 11.6. The average molecular weight is 448 g/mol. The summed E-state index contributed by atoms with van der Waals surface area (Å²) >= 11 is 0. The zero-order valence-corrected chi connectivity index (χ0v) is 18.8. The van der Waals surface area contributed by atoms with Gasteiger partial charge in [0.1, 0.15) is 6.10 Å². The molecule has 33 heavy (non-hydrogen) atoms. The molecule has 5 atom stereocenters. The van der Waals surface area contributed by atoms with E-state index in [0.29, 0.717) is 32.8 Å². The maximum Gasteiger partial charge on any atom is 0.102 e. The fraction of sp³-hybridized carbons (Fsp3) is 0.357. The molecule has 0 aromatic heterocycles. The molecule has 0 unspecified atom stereocenters. The highest BCUT2D eigenvalue weighted by molar-refractivity contribution is 5.15. The highest BCUT2D eigenvalue weighted by Gasteiger charge is 2.44. The predicted octanol–water partition coefficient (Wildman–Crippen LogP) is 4.08. The summed E-state index contributed by atoms with van der Waals surface area (Å²) in [4.78, 5) is 0. The van der Waals surface area contributed by atoms with E-state index in [1.165, 1.54) is 0 Å². The molecule has 5 nitrogen and oxygen atoms in total. The monoisotopic (exact) mass is 447 g/mol. The van der Waals surface area contributed by atoms with Crippen LogP contribution in [0.25, 0.3) is 0 Å². The van der Waals surface area contributed by atoms with E-state index < -0.39 is 18.2 Å². The third-order valence-corrected chi connectivity index (χ3v) is 6.17. The van der Waals surface area contributed by atoms with Gasteiger partial charge in [-0.25, -0.2) is 0 Å². The van der Waals surface area contributed by atoms with Gasteiger partial charge in [0.2, 0.25) is 0 Å². The minimum Gasteiger partial charge on any atom is -0.391 e. The van der Waals surface area contributed by atoms with Crippen LogP contribution in [-0.2, 0) is 34.0 Å². The van der Waals surface area contributed by atoms with Crippen LogP contribution in [0.4, 0.5) is 0 Å². The first-order valence-electron chi connectivity index (χ1n) is 11.6. The fourth-order valence-corrected chi connectivity index (χ4v) is 4.34. The Morgan fingerprint density at radius 3 is 1.64 bits per heavy atom. The third kappa shape index (κ3) is 6.73. The second-order valence-corrected chi connectivity index (χ2v) is 8.66. The van der Waals surface area contributed by atoms with Crippen molar-refractivity contribution in [2.45, 2.75) is 50.6 Å². The van der Waals surface area contributed by atoms with Crippen molar-refractivity contribution < 1.29 is 19.3 Å². The van der Waals surface area contributed by atoms with Gasteiger partial charge in [0.15, 0.2) is 0 Å². The van der Waals surface area contributed by atoms with Crippen LogP contribution in [0.15, 0.2) is 91.0 Å². The first-order chi connectivity index (χ1) is 16.2. The standard InChI is InChI=1S/C28H33NO4/c29-26-25(30)16-24(20-31-17-21-10-4-1-5-11-21)27(32-18-22-12-6-2-7-13-22)28(26)33-19-23-14-8-3-9-15-23/h1-15,24-28,30H,16-20,29H2/t24-,25-,26-,27-,28-/m0/s1. The number of nitrogens with two attached hydrogens (primary N) is 1. The first kappa shape index (κ1) is 23.6. The van der Waals surface area contributed by atoms with Crippen LogP contribution in [0, 0.1) is 5.92 Å². The molecule has 0 spiro atoms. The number of aliphatic hydroxyl groups excluding tert-OH is 1. The topological polar surface area (TPSA) is 73.9 Å². The van der Waals surface area contributed by atoms with Crippen molar-refractivity contribution in [3.8, 4) is 0 Å². The molecule has 0 amide bonds. The molecule has 3 N–H and O–H groups in total. The summed E-state index contributed by atoms with van der Waals surface area (Å²) in [6.07, 6.45) is -0.889. The second kappa shape index (κ2) is 12.1. The highest BCUT2D eigenvalue weighted by atomic mass is 16.5. The van der Waals surface area contributed by atoms with E-state index in [-0.39, 0.29) is 12.0 Å². The van der Waals surface area contributed by atoms with Crippen LogP contribution in [0.3, 0.4) is 0 Å². The van der Waals surface area contributed by atoms with Crippen LogP contribution >= 0.6 is 0 Å². The largest absolute Gasteiger partial charge is 0.391 e. The van der Waals surface area contributed by atoms with Gasteiger partial charge in [-0.1, -0.05) is 91.0 Å². The van der Waals surface area contributed by atoms with Gasteiger partial charge in [0.05, 0.1) is 44.7 Å². The third-order valence-electron chi connectivity index (χ3n) is 6.17. The van der Waals surface area contributed by atoms with Gasteiger partial charge in [-0.15, -0.1) is 0 Å². The SMILES string of the molecule is N[C@@H]1[C@H](OCc2ccccc2)[C@@H](OCc2ccccc2)[C@H](COCc2ccccc2)C[C@@H]1O. The summed E-state index contributed by atoms with van der Waals surface area (Å²) < 4.78 is 18.7. The number of ether oxygens (including phenoxy) is 3. The number of aliphatic hydroxyl groups is 1. The lowest BCUT2D eigenvalue weighted by Gasteiger charge is -2.43. The quantitative estimate of drug-likeness (QED) is 0.490. The fourth-order valence-electron chi connectivity index (χ4n) is 4.34. The van der Waals surface area contributed by atoms with Gasteiger partial charge >= 0.3 is 0 Å². The normalized spacial score (nSPS) is 25.1. The summed E-state index contributed by atoms with van der Waals surface area (Å²) in [6, 6.07) is 29.6. The minimum atomic E-state index is -0.673. The van der Waals surface area contributed by atoms with Crippen molar-refractivity contribution >= 4 is 0 Å². The summed E-state index contributed by atoms with van der Waals surface area (Å²) in [7, 11) is 0. The van der Waals surface area contributed by atoms with Crippen LogP contribution in [0.2, 0.25) is 0 Å². The van der Waals surface area contributed by atoms with Gasteiger partial charge in [-0.05, 0) is 23.1 Å². The lowest BCUT2D eigenvalue weighted by Crippen LogP contribution is -2.60. The molecular formula is C28H33NO4. The smallest absolute Gasteiger partial charge is 0.102 e. The van der Waals surface area contributed by atoms with Gasteiger partial charge in [0, 0.05) is 5.92 Å². The zero-order valence-electron chi connectivity index (χ0n) is 18.8. The van der Waals surface area contributed by atoms with Crippen molar-refractivity contribution in [2.24, 2.45) is 11.7 Å². The molecule has 4 rings (SSSR count). The summed E-state index contributed by atoms with van der Waals surface area (Å²) in [5.41, 5.74) is 9.69. The Balaban J connectivity index is 1.46. The molecule has 1 fully saturated rings. The number of rotatable bonds is 10. The Labute approximate surface area is 196 Å². The Hall–Kier alpha value is -2.54. The average Bonchev–Trinajstić information content (AvgIpc) is 2.86. The molecule has 0 heterocycles. The molecular weight excluding hydrogens is 414 g/mol. The molecule has 3 aromatic rings. The minimum absolute atomic E-state index is 0.0343. The Bertz CT molecular complexity index is 938. The number of hydrogen-bond donors (Lipinski definition) is 2. The van der Waals surface area contributed by atoms with Gasteiger partial charge in [0.25, 0.3) is 0 Å². The predicted molar refractivity (Wildman–Crippen MR) is 128 cm³/mol. The lowest BCUT2D eigenvalue weighted by atomic mass is 9.79. The number of hydrogen-bond acceptors (Lipinski definition) is 5. The highest BCUT2D eigenvalue weighted by Crippen LogP contribution is 2.31. The van der Waals surface area contributed by atoms with Crippen molar-refractivity contribution in [3.63, 3.8) is 0 Å². The van der Waals surface area contributed by atoms with Crippen molar-refractivity contribution in [1.82, 2.24) is 0 Å². The second-order valence-electron chi connectivity index (χ2n) is 8.66. The summed E-state index contributed by atoms with van der Waals surface area (Å²) in [6.45, 7) is 1.84. The molecule has 0 radical (unpaired) electrons. The number of benzene rings is 3. The van der Waals surface area contributed by atoms with E-state index in [0.717, 1.165) is 16.7 Å². The Morgan fingerprint density at radius 2 is 1.12 bits per heavy atom. The van der Waals surface area contributed by atoms with E-state index in [4.69, 9.17) is 19.9 Å². The molecule has 5 heteroatoms. The lowest BCUT2D eigenvalue weighted by molar-refractivity contribution is -0.169.